The van der Waals surface area contributed by atoms with Gasteiger partial charge < -0.3 is 4.90 Å². The highest BCUT2D eigenvalue weighted by molar-refractivity contribution is 7.14. The summed E-state index contributed by atoms with van der Waals surface area (Å²) in [4.78, 5) is 16.3. The van der Waals surface area contributed by atoms with Crippen LogP contribution in [0.5, 0.6) is 0 Å². The van der Waals surface area contributed by atoms with Crippen molar-refractivity contribution in [2.75, 3.05) is 7.05 Å². The van der Waals surface area contributed by atoms with Gasteiger partial charge in [0.1, 0.15) is 5.82 Å². The zero-order valence-corrected chi connectivity index (χ0v) is 15.5. The Labute approximate surface area is 150 Å². The summed E-state index contributed by atoms with van der Waals surface area (Å²) in [5.41, 5.74) is 2.87. The molecule has 4 nitrogen and oxygen atoms in total. The van der Waals surface area contributed by atoms with Gasteiger partial charge in [-0.25, -0.2) is 4.39 Å². The zero-order valence-electron chi connectivity index (χ0n) is 14.7. The molecule has 0 saturated heterocycles. The van der Waals surface area contributed by atoms with Gasteiger partial charge in [-0.3, -0.25) is 9.48 Å². The number of hydrogen-bond donors (Lipinski definition) is 0. The molecule has 0 aliphatic carbocycles. The standard InChI is InChI=1S/C19H20FN3OS/c1-12(15-10-21-22(3)11-15)23(4)19(24)18-9-17(13(2)25-18)14-5-7-16(20)8-6-14/h5-12H,1-4H3. The molecule has 3 rings (SSSR count). The Kier molecular flexibility index (Phi) is 4.72. The summed E-state index contributed by atoms with van der Waals surface area (Å²) < 4.78 is 14.9. The van der Waals surface area contributed by atoms with Gasteiger partial charge in [-0.15, -0.1) is 11.3 Å². The number of aryl methyl sites for hydroxylation is 2. The van der Waals surface area contributed by atoms with Gasteiger partial charge in [0.25, 0.3) is 5.91 Å². The maximum atomic E-state index is 13.1. The first-order valence-corrected chi connectivity index (χ1v) is 8.80. The van der Waals surface area contributed by atoms with Gasteiger partial charge in [0.15, 0.2) is 0 Å². The minimum Gasteiger partial charge on any atom is -0.334 e. The van der Waals surface area contributed by atoms with E-state index in [2.05, 4.69) is 5.10 Å². The van der Waals surface area contributed by atoms with Crippen molar-refractivity contribution in [2.24, 2.45) is 7.05 Å². The zero-order chi connectivity index (χ0) is 18.1. The van der Waals surface area contributed by atoms with Gasteiger partial charge in [0.05, 0.1) is 17.1 Å². The van der Waals surface area contributed by atoms with Crippen molar-refractivity contribution in [3.05, 3.63) is 63.9 Å². The van der Waals surface area contributed by atoms with Crippen LogP contribution in [0.1, 0.15) is 33.1 Å². The quantitative estimate of drug-likeness (QED) is 0.693. The number of halogens is 1. The molecule has 130 valence electrons. The minimum atomic E-state index is -0.266. The van der Waals surface area contributed by atoms with Crippen LogP contribution in [0.4, 0.5) is 4.39 Å². The molecule has 0 bridgehead atoms. The second-order valence-electron chi connectivity index (χ2n) is 6.13. The molecule has 3 aromatic rings. The Morgan fingerprint density at radius 1 is 1.32 bits per heavy atom. The second kappa shape index (κ2) is 6.80. The monoisotopic (exact) mass is 357 g/mol. The van der Waals surface area contributed by atoms with Crippen molar-refractivity contribution in [3.63, 3.8) is 0 Å². The van der Waals surface area contributed by atoms with E-state index in [1.54, 1.807) is 35.0 Å². The van der Waals surface area contributed by atoms with E-state index in [0.29, 0.717) is 4.88 Å². The average Bonchev–Trinajstić information content (AvgIpc) is 3.19. The number of nitrogens with zero attached hydrogens (tertiary/aromatic N) is 3. The Bertz CT molecular complexity index is 898. The number of carbonyl (C=O) groups excluding carboxylic acids is 1. The molecule has 0 fully saturated rings. The molecule has 0 aliphatic heterocycles. The van der Waals surface area contributed by atoms with Crippen LogP contribution in [0.15, 0.2) is 42.7 Å². The third kappa shape index (κ3) is 3.49. The molecule has 1 atom stereocenters. The fourth-order valence-electron chi connectivity index (χ4n) is 2.73. The first-order chi connectivity index (χ1) is 11.9. The summed E-state index contributed by atoms with van der Waals surface area (Å²) in [5.74, 6) is -0.296. The van der Waals surface area contributed by atoms with Crippen LogP contribution in [-0.4, -0.2) is 27.6 Å². The van der Waals surface area contributed by atoms with Crippen molar-refractivity contribution in [2.45, 2.75) is 19.9 Å². The SMILES string of the molecule is Cc1sc(C(=O)N(C)C(C)c2cnn(C)c2)cc1-c1ccc(F)cc1. The Morgan fingerprint density at radius 2 is 2.00 bits per heavy atom. The number of carbonyl (C=O) groups is 1. The molecule has 6 heteroatoms. The number of thiophene rings is 1. The fourth-order valence-corrected chi connectivity index (χ4v) is 3.76. The van der Waals surface area contributed by atoms with Crippen LogP contribution in [0.2, 0.25) is 0 Å². The molecule has 0 radical (unpaired) electrons. The van der Waals surface area contributed by atoms with Gasteiger partial charge in [0, 0.05) is 30.7 Å². The van der Waals surface area contributed by atoms with Gasteiger partial charge in [-0.05, 0) is 43.2 Å². The average molecular weight is 357 g/mol. The number of aromatic nitrogens is 2. The lowest BCUT2D eigenvalue weighted by atomic mass is 10.1. The fraction of sp³-hybridized carbons (Fsp3) is 0.263. The first kappa shape index (κ1) is 17.4. The van der Waals surface area contributed by atoms with E-state index in [4.69, 9.17) is 0 Å². The van der Waals surface area contributed by atoms with Crippen molar-refractivity contribution in [3.8, 4) is 11.1 Å². The molecule has 2 heterocycles. The topological polar surface area (TPSA) is 38.1 Å². The van der Waals surface area contributed by atoms with Crippen LogP contribution in [0.3, 0.4) is 0 Å². The summed E-state index contributed by atoms with van der Waals surface area (Å²) in [6, 6.07) is 8.16. The number of amides is 1. The molecule has 1 amide bonds. The highest BCUT2D eigenvalue weighted by Crippen LogP contribution is 2.32. The van der Waals surface area contributed by atoms with E-state index in [0.717, 1.165) is 21.6 Å². The van der Waals surface area contributed by atoms with Crippen LogP contribution in [-0.2, 0) is 7.05 Å². The third-order valence-electron chi connectivity index (χ3n) is 4.39. The van der Waals surface area contributed by atoms with E-state index in [1.807, 2.05) is 33.2 Å². The minimum absolute atomic E-state index is 0.0298. The van der Waals surface area contributed by atoms with Crippen LogP contribution in [0.25, 0.3) is 11.1 Å². The second-order valence-corrected chi connectivity index (χ2v) is 7.38. The largest absolute Gasteiger partial charge is 0.334 e. The summed E-state index contributed by atoms with van der Waals surface area (Å²) in [7, 11) is 3.66. The van der Waals surface area contributed by atoms with Gasteiger partial charge in [-0.1, -0.05) is 12.1 Å². The Morgan fingerprint density at radius 3 is 2.60 bits per heavy atom. The molecule has 1 aromatic carbocycles. The number of benzene rings is 1. The molecule has 0 saturated carbocycles. The van der Waals surface area contributed by atoms with Crippen LogP contribution in [0, 0.1) is 12.7 Å². The molecule has 2 aromatic heterocycles. The van der Waals surface area contributed by atoms with Crippen molar-refractivity contribution in [1.82, 2.24) is 14.7 Å². The van der Waals surface area contributed by atoms with Crippen LogP contribution >= 0.6 is 11.3 Å². The lowest BCUT2D eigenvalue weighted by Gasteiger charge is -2.23. The predicted molar refractivity (Wildman–Crippen MR) is 98.2 cm³/mol. The number of rotatable bonds is 4. The lowest BCUT2D eigenvalue weighted by molar-refractivity contribution is 0.0747. The summed E-state index contributed by atoms with van der Waals surface area (Å²) in [5, 5.41) is 4.17. The van der Waals surface area contributed by atoms with E-state index >= 15 is 0 Å². The Hall–Kier alpha value is -2.47. The van der Waals surface area contributed by atoms with Crippen LogP contribution < -0.4 is 0 Å². The lowest BCUT2D eigenvalue weighted by Crippen LogP contribution is -2.28. The third-order valence-corrected chi connectivity index (χ3v) is 5.43. The predicted octanol–water partition coefficient (Wildman–Crippen LogP) is 4.43. The van der Waals surface area contributed by atoms with E-state index in [1.165, 1.54) is 23.5 Å². The smallest absolute Gasteiger partial charge is 0.264 e. The van der Waals surface area contributed by atoms with Gasteiger partial charge >= 0.3 is 0 Å². The molecule has 0 spiro atoms. The molecular weight excluding hydrogens is 337 g/mol. The summed E-state index contributed by atoms with van der Waals surface area (Å²) in [6.45, 7) is 3.96. The highest BCUT2D eigenvalue weighted by Gasteiger charge is 2.22. The highest BCUT2D eigenvalue weighted by atomic mass is 32.1. The van der Waals surface area contributed by atoms with Gasteiger partial charge in [0.2, 0.25) is 0 Å². The van der Waals surface area contributed by atoms with Crippen molar-refractivity contribution < 1.29 is 9.18 Å². The molecule has 0 aliphatic rings. The number of hydrogen-bond acceptors (Lipinski definition) is 3. The van der Waals surface area contributed by atoms with Gasteiger partial charge in [-0.2, -0.15) is 5.10 Å². The van der Waals surface area contributed by atoms with E-state index < -0.39 is 0 Å². The normalized spacial score (nSPS) is 12.2. The van der Waals surface area contributed by atoms with E-state index in [-0.39, 0.29) is 17.8 Å². The molecule has 1 unspecified atom stereocenters. The summed E-state index contributed by atoms with van der Waals surface area (Å²) >= 11 is 1.46. The first-order valence-electron chi connectivity index (χ1n) is 7.99. The maximum Gasteiger partial charge on any atom is 0.264 e. The Balaban J connectivity index is 1.85. The van der Waals surface area contributed by atoms with Crippen molar-refractivity contribution >= 4 is 17.2 Å². The summed E-state index contributed by atoms with van der Waals surface area (Å²) in [6.07, 6.45) is 3.69. The maximum absolute atomic E-state index is 13.1. The molecule has 25 heavy (non-hydrogen) atoms. The molecular formula is C19H20FN3OS. The van der Waals surface area contributed by atoms with Crippen molar-refractivity contribution in [1.29, 1.82) is 0 Å². The molecule has 0 N–H and O–H groups in total. The van der Waals surface area contributed by atoms with E-state index in [9.17, 15) is 9.18 Å².